The van der Waals surface area contributed by atoms with E-state index < -0.39 is 12.2 Å². The molecule has 0 aliphatic carbocycles. The Labute approximate surface area is 68.2 Å². The molecule has 0 bridgehead atoms. The normalized spacial score (nSPS) is 10.8. The van der Waals surface area contributed by atoms with Gasteiger partial charge in [0, 0.05) is 0 Å². The van der Waals surface area contributed by atoms with Gasteiger partial charge in [0.15, 0.2) is 0 Å². The minimum atomic E-state index is -2.96. The third kappa shape index (κ3) is 1.52. The summed E-state index contributed by atoms with van der Waals surface area (Å²) >= 11 is 0. The van der Waals surface area contributed by atoms with Crippen molar-refractivity contribution >= 4 is 5.78 Å². The van der Waals surface area contributed by atoms with Gasteiger partial charge in [0.25, 0.3) is 0 Å². The third-order valence-electron chi connectivity index (χ3n) is 1.50. The molecule has 4 heteroatoms. The minimum Gasteiger partial charge on any atom is -0.466 e. The Morgan fingerprint density at radius 3 is 2.42 bits per heavy atom. The number of carbonyl (C=O) groups excluding carboxylic acids is 1. The van der Waals surface area contributed by atoms with Crippen LogP contribution in [0.3, 0.4) is 0 Å². The van der Waals surface area contributed by atoms with E-state index in [1.807, 2.05) is 0 Å². The fourth-order valence-electron chi connectivity index (χ4n) is 0.993. The van der Waals surface area contributed by atoms with E-state index in [2.05, 4.69) is 0 Å². The monoisotopic (exact) mass is 174 g/mol. The van der Waals surface area contributed by atoms with Crippen LogP contribution in [0, 0.1) is 13.8 Å². The van der Waals surface area contributed by atoms with Crippen molar-refractivity contribution in [3.8, 4) is 0 Å². The zero-order chi connectivity index (χ0) is 9.30. The number of alkyl halides is 2. The smallest absolute Gasteiger partial charge is 0.300 e. The summed E-state index contributed by atoms with van der Waals surface area (Å²) in [5, 5.41) is 0. The van der Waals surface area contributed by atoms with E-state index in [-0.39, 0.29) is 11.3 Å². The highest BCUT2D eigenvalue weighted by Gasteiger charge is 2.21. The Bertz CT molecular complexity index is 302. The number of carbonyl (C=O) groups is 1. The number of aryl methyl sites for hydroxylation is 2. The molecule has 2 nitrogen and oxygen atoms in total. The predicted molar refractivity (Wildman–Crippen MR) is 38.5 cm³/mol. The van der Waals surface area contributed by atoms with E-state index in [9.17, 15) is 13.6 Å². The molecular formula is C8H8F2O2. The molecule has 66 valence electrons. The second-order valence-corrected chi connectivity index (χ2v) is 2.49. The van der Waals surface area contributed by atoms with Crippen LogP contribution in [0.15, 0.2) is 10.5 Å². The largest absolute Gasteiger partial charge is 0.466 e. The lowest BCUT2D eigenvalue weighted by molar-refractivity contribution is 0.0677. The number of furan rings is 1. The van der Waals surface area contributed by atoms with Gasteiger partial charge in [0.1, 0.15) is 11.5 Å². The molecule has 12 heavy (non-hydrogen) atoms. The average Bonchev–Trinajstić information content (AvgIpc) is 2.28. The van der Waals surface area contributed by atoms with Crippen LogP contribution in [0.1, 0.15) is 21.9 Å². The van der Waals surface area contributed by atoms with Crippen molar-refractivity contribution in [1.82, 2.24) is 0 Å². The van der Waals surface area contributed by atoms with Crippen LogP contribution in [-0.2, 0) is 0 Å². The molecule has 0 fully saturated rings. The second kappa shape index (κ2) is 3.05. The zero-order valence-corrected chi connectivity index (χ0v) is 6.73. The van der Waals surface area contributed by atoms with Gasteiger partial charge in [0.2, 0.25) is 5.78 Å². The van der Waals surface area contributed by atoms with Crippen molar-refractivity contribution in [2.45, 2.75) is 20.3 Å². The second-order valence-electron chi connectivity index (χ2n) is 2.49. The third-order valence-corrected chi connectivity index (χ3v) is 1.50. The topological polar surface area (TPSA) is 30.2 Å². The number of rotatable bonds is 2. The quantitative estimate of drug-likeness (QED) is 0.644. The number of halogens is 2. The van der Waals surface area contributed by atoms with Gasteiger partial charge in [-0.1, -0.05) is 0 Å². The van der Waals surface area contributed by atoms with E-state index in [1.165, 1.54) is 13.0 Å². The molecule has 0 saturated heterocycles. The van der Waals surface area contributed by atoms with Gasteiger partial charge in [0.05, 0.1) is 5.56 Å². The van der Waals surface area contributed by atoms with Gasteiger partial charge in [-0.05, 0) is 19.9 Å². The minimum absolute atomic E-state index is 0.0255. The summed E-state index contributed by atoms with van der Waals surface area (Å²) in [6, 6.07) is 1.32. The Morgan fingerprint density at radius 1 is 1.50 bits per heavy atom. The predicted octanol–water partition coefficient (Wildman–Crippen LogP) is 2.34. The number of Topliss-reactive ketones (excluding diaryl/α,β-unsaturated/α-hetero) is 1. The Morgan fingerprint density at radius 2 is 2.08 bits per heavy atom. The Kier molecular flexibility index (Phi) is 2.26. The molecule has 0 amide bonds. The molecule has 1 heterocycles. The van der Waals surface area contributed by atoms with Crippen LogP contribution in [0.4, 0.5) is 8.78 Å². The molecule has 0 radical (unpaired) electrons. The summed E-state index contributed by atoms with van der Waals surface area (Å²) in [6.45, 7) is 3.10. The molecule has 1 aromatic rings. The lowest BCUT2D eigenvalue weighted by Crippen LogP contribution is -2.10. The van der Waals surface area contributed by atoms with E-state index in [0.717, 1.165) is 0 Å². The summed E-state index contributed by atoms with van der Waals surface area (Å²) in [7, 11) is 0. The average molecular weight is 174 g/mol. The van der Waals surface area contributed by atoms with E-state index in [4.69, 9.17) is 4.42 Å². The standard InChI is InChI=1S/C8H8F2O2/c1-4-3-6(5(2)12-4)7(11)8(9)10/h3,8H,1-2H3. The van der Waals surface area contributed by atoms with Crippen molar-refractivity contribution in [3.63, 3.8) is 0 Å². The highest BCUT2D eigenvalue weighted by atomic mass is 19.3. The highest BCUT2D eigenvalue weighted by molar-refractivity contribution is 5.99. The molecule has 0 spiro atoms. The molecule has 0 aromatic carbocycles. The van der Waals surface area contributed by atoms with Crippen molar-refractivity contribution in [2.75, 3.05) is 0 Å². The van der Waals surface area contributed by atoms with Gasteiger partial charge in [-0.25, -0.2) is 8.78 Å². The van der Waals surface area contributed by atoms with E-state index >= 15 is 0 Å². The maximum Gasteiger partial charge on any atom is 0.300 e. The zero-order valence-electron chi connectivity index (χ0n) is 6.73. The van der Waals surface area contributed by atoms with Gasteiger partial charge >= 0.3 is 6.43 Å². The van der Waals surface area contributed by atoms with Crippen molar-refractivity contribution in [1.29, 1.82) is 0 Å². The van der Waals surface area contributed by atoms with Gasteiger partial charge in [-0.3, -0.25) is 4.79 Å². The maximum absolute atomic E-state index is 11.9. The van der Waals surface area contributed by atoms with Gasteiger partial charge in [-0.2, -0.15) is 0 Å². The van der Waals surface area contributed by atoms with Crippen LogP contribution in [-0.4, -0.2) is 12.2 Å². The fourth-order valence-corrected chi connectivity index (χ4v) is 0.993. The Balaban J connectivity index is 3.02. The first-order valence-corrected chi connectivity index (χ1v) is 3.41. The maximum atomic E-state index is 11.9. The molecule has 0 saturated carbocycles. The summed E-state index contributed by atoms with van der Waals surface area (Å²) in [6.07, 6.45) is -2.96. The van der Waals surface area contributed by atoms with Gasteiger partial charge < -0.3 is 4.42 Å². The fraction of sp³-hybridized carbons (Fsp3) is 0.375. The van der Waals surface area contributed by atoms with Crippen LogP contribution in [0.2, 0.25) is 0 Å². The van der Waals surface area contributed by atoms with Crippen molar-refractivity contribution < 1.29 is 18.0 Å². The molecule has 1 rings (SSSR count). The molecule has 0 aliphatic rings. The van der Waals surface area contributed by atoms with Crippen LogP contribution >= 0.6 is 0 Å². The van der Waals surface area contributed by atoms with Crippen molar-refractivity contribution in [3.05, 3.63) is 23.2 Å². The molecule has 0 atom stereocenters. The molecule has 0 aliphatic heterocycles. The lowest BCUT2D eigenvalue weighted by Gasteiger charge is -1.94. The lowest BCUT2D eigenvalue weighted by atomic mass is 10.2. The van der Waals surface area contributed by atoms with Gasteiger partial charge in [-0.15, -0.1) is 0 Å². The number of hydrogen-bond acceptors (Lipinski definition) is 2. The van der Waals surface area contributed by atoms with E-state index in [0.29, 0.717) is 5.76 Å². The first-order valence-electron chi connectivity index (χ1n) is 3.41. The summed E-state index contributed by atoms with van der Waals surface area (Å²) < 4.78 is 28.8. The van der Waals surface area contributed by atoms with Crippen LogP contribution in [0.25, 0.3) is 0 Å². The molecular weight excluding hydrogens is 166 g/mol. The molecule has 1 aromatic heterocycles. The summed E-state index contributed by atoms with van der Waals surface area (Å²) in [5.41, 5.74) is -0.0255. The summed E-state index contributed by atoms with van der Waals surface area (Å²) in [5.74, 6) is -0.460. The Hall–Kier alpha value is -1.19. The summed E-state index contributed by atoms with van der Waals surface area (Å²) in [4.78, 5) is 10.8. The van der Waals surface area contributed by atoms with Crippen LogP contribution in [0.5, 0.6) is 0 Å². The SMILES string of the molecule is Cc1cc(C(=O)C(F)F)c(C)o1. The first kappa shape index (κ1) is 8.90. The van der Waals surface area contributed by atoms with Crippen LogP contribution < -0.4 is 0 Å². The first-order chi connectivity index (χ1) is 5.52. The highest BCUT2D eigenvalue weighted by Crippen LogP contribution is 2.16. The van der Waals surface area contributed by atoms with Crippen molar-refractivity contribution in [2.24, 2.45) is 0 Å². The molecule has 0 unspecified atom stereocenters. The number of ketones is 1. The number of hydrogen-bond donors (Lipinski definition) is 0. The molecule has 0 N–H and O–H groups in total. The van der Waals surface area contributed by atoms with E-state index in [1.54, 1.807) is 6.92 Å².